The maximum absolute atomic E-state index is 13.4. The van der Waals surface area contributed by atoms with Crippen molar-refractivity contribution in [1.29, 1.82) is 0 Å². The fraction of sp³-hybridized carbons (Fsp3) is 0.263. The average Bonchev–Trinajstić information content (AvgIpc) is 2.81. The molecule has 1 amide bonds. The van der Waals surface area contributed by atoms with Gasteiger partial charge in [0.15, 0.2) is 0 Å². The maximum Gasteiger partial charge on any atom is 0.448 e. The van der Waals surface area contributed by atoms with Crippen molar-refractivity contribution in [1.82, 2.24) is 0 Å². The lowest BCUT2D eigenvalue weighted by atomic mass is 10.0. The summed E-state index contributed by atoms with van der Waals surface area (Å²) in [4.78, 5) is 17.0. The summed E-state index contributed by atoms with van der Waals surface area (Å²) in [5, 5.41) is 10.1. The highest BCUT2D eigenvalue weighted by Gasteiger charge is 2.66. The predicted octanol–water partition coefficient (Wildman–Crippen LogP) is 3.66. The lowest BCUT2D eigenvalue weighted by molar-refractivity contribution is -0.244. The van der Waals surface area contributed by atoms with Gasteiger partial charge >= 0.3 is 11.9 Å². The van der Waals surface area contributed by atoms with E-state index >= 15 is 0 Å². The summed E-state index contributed by atoms with van der Waals surface area (Å²) >= 11 is 0. The minimum absolute atomic E-state index is 0.231. The molecule has 0 radical (unpaired) electrons. The van der Waals surface area contributed by atoms with Crippen LogP contribution >= 0.6 is 0 Å². The smallest absolute Gasteiger partial charge is 0.355 e. The summed E-state index contributed by atoms with van der Waals surface area (Å²) in [6, 6.07) is 11.6. The Kier molecular flexibility index (Phi) is 4.15. The maximum atomic E-state index is 13.4. The quantitative estimate of drug-likeness (QED) is 0.887. The topological polar surface area (TPSA) is 52.9 Å². The summed E-state index contributed by atoms with van der Waals surface area (Å²) in [6.07, 6.45) is -5.23. The number of aliphatic imine (C=N–C) groups is 1. The zero-order valence-corrected chi connectivity index (χ0v) is 14.4. The monoisotopic (exact) mass is 362 g/mol. The summed E-state index contributed by atoms with van der Waals surface area (Å²) in [7, 11) is 0. The summed E-state index contributed by atoms with van der Waals surface area (Å²) in [6.45, 7) is 5.26. The van der Waals surface area contributed by atoms with Gasteiger partial charge in [0.2, 0.25) is 0 Å². The third kappa shape index (κ3) is 2.68. The number of hydrogen-bond donors (Lipinski definition) is 1. The van der Waals surface area contributed by atoms with Gasteiger partial charge in [0.05, 0.1) is 5.69 Å². The number of aryl methyl sites for hydroxylation is 3. The van der Waals surface area contributed by atoms with E-state index in [4.69, 9.17) is 0 Å². The van der Waals surface area contributed by atoms with Gasteiger partial charge in [0, 0.05) is 5.56 Å². The third-order valence-corrected chi connectivity index (χ3v) is 4.27. The number of amides is 1. The minimum Gasteiger partial charge on any atom is -0.355 e. The molecule has 1 aliphatic heterocycles. The number of carbonyl (C=O) groups is 1. The van der Waals surface area contributed by atoms with Gasteiger partial charge in [-0.1, -0.05) is 48.0 Å². The zero-order valence-electron chi connectivity index (χ0n) is 14.4. The lowest BCUT2D eigenvalue weighted by Gasteiger charge is -2.26. The van der Waals surface area contributed by atoms with Gasteiger partial charge in [-0.2, -0.15) is 13.2 Å². The Morgan fingerprint density at radius 3 is 2.08 bits per heavy atom. The molecular weight excluding hydrogens is 345 g/mol. The van der Waals surface area contributed by atoms with E-state index in [1.807, 2.05) is 6.92 Å². The van der Waals surface area contributed by atoms with Crippen molar-refractivity contribution in [3.8, 4) is 0 Å². The highest BCUT2D eigenvalue weighted by molar-refractivity contribution is 6.30. The van der Waals surface area contributed by atoms with E-state index in [1.54, 1.807) is 56.3 Å². The molecule has 3 rings (SSSR count). The predicted molar refractivity (Wildman–Crippen MR) is 92.1 cm³/mol. The molecule has 1 N–H and O–H groups in total. The van der Waals surface area contributed by atoms with Gasteiger partial charge in [-0.3, -0.25) is 9.69 Å². The number of amidine groups is 1. The molecule has 0 aliphatic carbocycles. The van der Waals surface area contributed by atoms with E-state index in [0.717, 1.165) is 10.5 Å². The van der Waals surface area contributed by atoms with Crippen LogP contribution in [-0.4, -0.2) is 28.8 Å². The summed E-state index contributed by atoms with van der Waals surface area (Å²) < 4.78 is 40.3. The van der Waals surface area contributed by atoms with Gasteiger partial charge in [-0.05, 0) is 31.9 Å². The molecule has 0 fully saturated rings. The van der Waals surface area contributed by atoms with Crippen LogP contribution < -0.4 is 4.90 Å². The van der Waals surface area contributed by atoms with Crippen LogP contribution in [0, 0.1) is 20.8 Å². The van der Waals surface area contributed by atoms with Crippen LogP contribution in [0.4, 0.5) is 18.9 Å². The van der Waals surface area contributed by atoms with Crippen molar-refractivity contribution in [2.45, 2.75) is 32.7 Å². The fourth-order valence-corrected chi connectivity index (χ4v) is 3.20. The molecule has 1 unspecified atom stereocenters. The molecule has 0 aromatic heterocycles. The Morgan fingerprint density at radius 2 is 1.58 bits per heavy atom. The molecule has 1 heterocycles. The van der Waals surface area contributed by atoms with Crippen LogP contribution in [-0.2, 0) is 4.79 Å². The van der Waals surface area contributed by atoms with Crippen molar-refractivity contribution < 1.29 is 23.1 Å². The number of alkyl halides is 3. The number of nitrogens with zero attached hydrogens (tertiary/aromatic N) is 2. The normalized spacial score (nSPS) is 20.5. The average molecular weight is 362 g/mol. The summed E-state index contributed by atoms with van der Waals surface area (Å²) in [5.41, 5.74) is -1.05. The van der Waals surface area contributed by atoms with E-state index in [2.05, 4.69) is 4.99 Å². The van der Waals surface area contributed by atoms with Crippen molar-refractivity contribution >= 4 is 17.4 Å². The molecule has 136 valence electrons. The molecule has 0 bridgehead atoms. The van der Waals surface area contributed by atoms with Crippen LogP contribution in [0.1, 0.15) is 22.3 Å². The Bertz CT molecular complexity index is 884. The lowest BCUT2D eigenvalue weighted by Crippen LogP contribution is -2.52. The summed E-state index contributed by atoms with van der Waals surface area (Å²) in [5.74, 6) is -1.76. The number of aliphatic hydroxyl groups is 1. The minimum atomic E-state index is -5.23. The molecule has 0 saturated carbocycles. The number of halogens is 3. The van der Waals surface area contributed by atoms with Gasteiger partial charge in [-0.25, -0.2) is 4.99 Å². The van der Waals surface area contributed by atoms with Gasteiger partial charge in [-0.15, -0.1) is 0 Å². The highest BCUT2D eigenvalue weighted by Crippen LogP contribution is 2.41. The first-order valence-electron chi connectivity index (χ1n) is 7.93. The van der Waals surface area contributed by atoms with Crippen LogP contribution in [0.15, 0.2) is 47.5 Å². The molecular formula is C19H17F3N2O2. The standard InChI is InChI=1S/C19H17F3N2O2/c1-11-9-12(2)15(13(3)10-11)24-16(14-7-5-4-6-8-14)23-18(26,17(24)25)19(20,21)22/h4-10,26H,1-3H3. The SMILES string of the molecule is Cc1cc(C)c(N2C(=O)C(O)(C(F)(F)F)N=C2c2ccccc2)c(C)c1. The fourth-order valence-electron chi connectivity index (χ4n) is 3.20. The van der Waals surface area contributed by atoms with E-state index < -0.39 is 17.8 Å². The Labute approximate surface area is 148 Å². The van der Waals surface area contributed by atoms with Gasteiger partial charge in [0.1, 0.15) is 5.84 Å². The Balaban J connectivity index is 2.27. The van der Waals surface area contributed by atoms with Crippen LogP contribution in [0.5, 0.6) is 0 Å². The molecule has 2 aromatic carbocycles. The van der Waals surface area contributed by atoms with Crippen molar-refractivity contribution in [2.24, 2.45) is 4.99 Å². The second-order valence-corrected chi connectivity index (χ2v) is 6.36. The molecule has 0 saturated heterocycles. The van der Waals surface area contributed by atoms with Crippen LogP contribution in [0.25, 0.3) is 0 Å². The largest absolute Gasteiger partial charge is 0.448 e. The van der Waals surface area contributed by atoms with Crippen molar-refractivity contribution in [2.75, 3.05) is 4.90 Å². The van der Waals surface area contributed by atoms with Crippen molar-refractivity contribution in [3.05, 3.63) is 64.7 Å². The number of rotatable bonds is 2. The molecule has 2 aromatic rings. The van der Waals surface area contributed by atoms with E-state index in [1.165, 1.54) is 0 Å². The highest BCUT2D eigenvalue weighted by atomic mass is 19.4. The van der Waals surface area contributed by atoms with Crippen molar-refractivity contribution in [3.63, 3.8) is 0 Å². The zero-order chi connectivity index (χ0) is 19.3. The number of hydrogen-bond acceptors (Lipinski definition) is 3. The molecule has 4 nitrogen and oxygen atoms in total. The molecule has 26 heavy (non-hydrogen) atoms. The van der Waals surface area contributed by atoms with E-state index in [-0.39, 0.29) is 5.84 Å². The number of benzene rings is 2. The van der Waals surface area contributed by atoms with E-state index in [9.17, 15) is 23.1 Å². The molecule has 1 aliphatic rings. The van der Waals surface area contributed by atoms with Crippen LogP contribution in [0.2, 0.25) is 0 Å². The first-order chi connectivity index (χ1) is 12.1. The number of carbonyl (C=O) groups excluding carboxylic acids is 1. The van der Waals surface area contributed by atoms with E-state index in [0.29, 0.717) is 22.4 Å². The second-order valence-electron chi connectivity index (χ2n) is 6.36. The second kappa shape index (κ2) is 5.95. The van der Waals surface area contributed by atoms with Crippen LogP contribution in [0.3, 0.4) is 0 Å². The Hall–Kier alpha value is -2.67. The molecule has 1 atom stereocenters. The van der Waals surface area contributed by atoms with Gasteiger partial charge in [0.25, 0.3) is 5.91 Å². The van der Waals surface area contributed by atoms with Gasteiger partial charge < -0.3 is 5.11 Å². The number of anilines is 1. The first kappa shape index (κ1) is 18.1. The molecule has 0 spiro atoms. The Morgan fingerprint density at radius 1 is 1.04 bits per heavy atom. The first-order valence-corrected chi connectivity index (χ1v) is 7.93. The molecule has 7 heteroatoms. The third-order valence-electron chi connectivity index (χ3n) is 4.27.